The lowest BCUT2D eigenvalue weighted by Gasteiger charge is -2.18. The van der Waals surface area contributed by atoms with E-state index >= 15 is 0 Å². The average molecular weight is 359 g/mol. The Hall–Kier alpha value is -2.14. The molecule has 134 valence electrons. The highest BCUT2D eigenvalue weighted by Crippen LogP contribution is 2.29. The van der Waals surface area contributed by atoms with Gasteiger partial charge in [-0.25, -0.2) is 0 Å². The maximum atomic E-state index is 12.3. The molecule has 0 bridgehead atoms. The summed E-state index contributed by atoms with van der Waals surface area (Å²) in [5, 5.41) is 3.03. The predicted molar refractivity (Wildman–Crippen MR) is 103 cm³/mol. The molecule has 1 amide bonds. The van der Waals surface area contributed by atoms with E-state index in [0.29, 0.717) is 5.75 Å². The molecule has 0 spiro atoms. The van der Waals surface area contributed by atoms with Crippen molar-refractivity contribution in [1.82, 2.24) is 5.32 Å². The standard InChI is InChI=1S/C20H25NO3S/c1-13-6-7-14(2)19(10-13)25-12-20(22)21-15(3)17-11-16(23-4)8-9-18(17)24-5/h6-11,15H,12H2,1-5H3,(H,21,22). The van der Waals surface area contributed by atoms with Gasteiger partial charge in [-0.05, 0) is 50.6 Å². The maximum absolute atomic E-state index is 12.3. The minimum atomic E-state index is -0.170. The monoisotopic (exact) mass is 359 g/mol. The second-order valence-electron chi connectivity index (χ2n) is 5.95. The van der Waals surface area contributed by atoms with Crippen LogP contribution in [0.4, 0.5) is 0 Å². The van der Waals surface area contributed by atoms with E-state index in [2.05, 4.69) is 37.4 Å². The fourth-order valence-electron chi connectivity index (χ4n) is 2.54. The van der Waals surface area contributed by atoms with Crippen molar-refractivity contribution in [3.63, 3.8) is 0 Å². The minimum Gasteiger partial charge on any atom is -0.497 e. The number of carbonyl (C=O) groups is 1. The highest BCUT2D eigenvalue weighted by Gasteiger charge is 2.15. The molecule has 0 aliphatic carbocycles. The molecule has 2 rings (SSSR count). The van der Waals surface area contributed by atoms with Crippen molar-refractivity contribution in [2.45, 2.75) is 31.7 Å². The Labute approximate surface area is 153 Å². The first-order chi connectivity index (χ1) is 11.9. The van der Waals surface area contributed by atoms with E-state index in [1.165, 1.54) is 11.1 Å². The molecule has 2 aromatic rings. The zero-order valence-electron chi connectivity index (χ0n) is 15.4. The normalized spacial score (nSPS) is 11.7. The second kappa shape index (κ2) is 8.81. The summed E-state index contributed by atoms with van der Waals surface area (Å²) in [6, 6.07) is 11.7. The third-order valence-corrected chi connectivity index (χ3v) is 5.14. The van der Waals surface area contributed by atoms with Crippen molar-refractivity contribution in [2.24, 2.45) is 0 Å². The third-order valence-electron chi connectivity index (χ3n) is 3.98. The van der Waals surface area contributed by atoms with Gasteiger partial charge in [-0.2, -0.15) is 0 Å². The van der Waals surface area contributed by atoms with Gasteiger partial charge in [0.05, 0.1) is 26.0 Å². The Bertz CT molecular complexity index is 746. The van der Waals surface area contributed by atoms with Gasteiger partial charge in [0.15, 0.2) is 0 Å². The van der Waals surface area contributed by atoms with Gasteiger partial charge in [0.2, 0.25) is 5.91 Å². The molecule has 0 heterocycles. The molecule has 0 aliphatic rings. The number of rotatable bonds is 7. The van der Waals surface area contributed by atoms with Crippen molar-refractivity contribution < 1.29 is 14.3 Å². The molecule has 0 saturated carbocycles. The van der Waals surface area contributed by atoms with Crippen LogP contribution in [-0.4, -0.2) is 25.9 Å². The Kier molecular flexibility index (Phi) is 6.76. The molecule has 0 saturated heterocycles. The fourth-order valence-corrected chi connectivity index (χ4v) is 3.48. The zero-order valence-corrected chi connectivity index (χ0v) is 16.2. The quantitative estimate of drug-likeness (QED) is 0.749. The summed E-state index contributed by atoms with van der Waals surface area (Å²) in [5.41, 5.74) is 3.28. The lowest BCUT2D eigenvalue weighted by atomic mass is 10.1. The van der Waals surface area contributed by atoms with Gasteiger partial charge in [-0.3, -0.25) is 4.79 Å². The smallest absolute Gasteiger partial charge is 0.230 e. The van der Waals surface area contributed by atoms with Crippen LogP contribution in [-0.2, 0) is 4.79 Å². The molecule has 0 radical (unpaired) electrons. The Morgan fingerprint density at radius 1 is 1.12 bits per heavy atom. The summed E-state index contributed by atoms with van der Waals surface area (Å²) in [4.78, 5) is 13.5. The number of methoxy groups -OCH3 is 2. The van der Waals surface area contributed by atoms with E-state index < -0.39 is 0 Å². The molecule has 2 aromatic carbocycles. The average Bonchev–Trinajstić information content (AvgIpc) is 2.61. The highest BCUT2D eigenvalue weighted by atomic mass is 32.2. The van der Waals surface area contributed by atoms with Gasteiger partial charge in [0.25, 0.3) is 0 Å². The summed E-state index contributed by atoms with van der Waals surface area (Å²) < 4.78 is 10.7. The SMILES string of the molecule is COc1ccc(OC)c(C(C)NC(=O)CSc2cc(C)ccc2C)c1. The fraction of sp³-hybridized carbons (Fsp3) is 0.350. The number of carbonyl (C=O) groups excluding carboxylic acids is 1. The van der Waals surface area contributed by atoms with Gasteiger partial charge in [-0.15, -0.1) is 11.8 Å². The van der Waals surface area contributed by atoms with Crippen LogP contribution in [0.3, 0.4) is 0 Å². The van der Waals surface area contributed by atoms with E-state index in [9.17, 15) is 4.79 Å². The van der Waals surface area contributed by atoms with E-state index in [-0.39, 0.29) is 11.9 Å². The van der Waals surface area contributed by atoms with Gasteiger partial charge in [0.1, 0.15) is 11.5 Å². The largest absolute Gasteiger partial charge is 0.497 e. The van der Waals surface area contributed by atoms with Crippen LogP contribution < -0.4 is 14.8 Å². The Morgan fingerprint density at radius 2 is 1.88 bits per heavy atom. The van der Waals surface area contributed by atoms with Crippen LogP contribution in [0.25, 0.3) is 0 Å². The van der Waals surface area contributed by atoms with Crippen LogP contribution in [0.1, 0.15) is 29.7 Å². The summed E-state index contributed by atoms with van der Waals surface area (Å²) in [6.45, 7) is 6.06. The van der Waals surface area contributed by atoms with Gasteiger partial charge in [0, 0.05) is 10.5 Å². The highest BCUT2D eigenvalue weighted by molar-refractivity contribution is 8.00. The third kappa shape index (κ3) is 5.16. The first-order valence-electron chi connectivity index (χ1n) is 8.16. The molecule has 0 aromatic heterocycles. The van der Waals surface area contributed by atoms with E-state index in [1.807, 2.05) is 25.1 Å². The van der Waals surface area contributed by atoms with Crippen molar-refractivity contribution in [3.05, 3.63) is 53.1 Å². The summed E-state index contributed by atoms with van der Waals surface area (Å²) in [6.07, 6.45) is 0. The van der Waals surface area contributed by atoms with Crippen LogP contribution >= 0.6 is 11.8 Å². The van der Waals surface area contributed by atoms with Crippen molar-refractivity contribution in [1.29, 1.82) is 0 Å². The molecular formula is C20H25NO3S. The van der Waals surface area contributed by atoms with Crippen LogP contribution in [0.2, 0.25) is 0 Å². The number of hydrogen-bond acceptors (Lipinski definition) is 4. The van der Waals surface area contributed by atoms with Crippen LogP contribution in [0.5, 0.6) is 11.5 Å². The molecule has 1 atom stereocenters. The minimum absolute atomic E-state index is 0.0109. The van der Waals surface area contributed by atoms with E-state index in [0.717, 1.165) is 22.0 Å². The maximum Gasteiger partial charge on any atom is 0.230 e. The summed E-state index contributed by atoms with van der Waals surface area (Å²) in [5.74, 6) is 1.83. The van der Waals surface area contributed by atoms with E-state index in [4.69, 9.17) is 9.47 Å². The first kappa shape index (κ1) is 19.2. The second-order valence-corrected chi connectivity index (χ2v) is 6.97. The molecule has 5 heteroatoms. The van der Waals surface area contributed by atoms with Gasteiger partial charge < -0.3 is 14.8 Å². The number of amides is 1. The first-order valence-corrected chi connectivity index (χ1v) is 9.14. The molecule has 4 nitrogen and oxygen atoms in total. The summed E-state index contributed by atoms with van der Waals surface area (Å²) >= 11 is 1.56. The number of nitrogens with one attached hydrogen (secondary N) is 1. The van der Waals surface area contributed by atoms with Gasteiger partial charge in [-0.1, -0.05) is 17.7 Å². The topological polar surface area (TPSA) is 47.6 Å². The van der Waals surface area contributed by atoms with Crippen molar-refractivity contribution in [3.8, 4) is 11.5 Å². The lowest BCUT2D eigenvalue weighted by Crippen LogP contribution is -2.28. The number of hydrogen-bond donors (Lipinski definition) is 1. The number of aryl methyl sites for hydroxylation is 2. The molecule has 1 N–H and O–H groups in total. The van der Waals surface area contributed by atoms with Gasteiger partial charge >= 0.3 is 0 Å². The van der Waals surface area contributed by atoms with Crippen molar-refractivity contribution in [2.75, 3.05) is 20.0 Å². The summed E-state index contributed by atoms with van der Waals surface area (Å²) in [7, 11) is 3.24. The lowest BCUT2D eigenvalue weighted by molar-refractivity contribution is -0.119. The molecule has 1 unspecified atom stereocenters. The molecular weight excluding hydrogens is 334 g/mol. The number of thioether (sulfide) groups is 1. The predicted octanol–water partition coefficient (Wildman–Crippen LogP) is 4.29. The Morgan fingerprint density at radius 3 is 2.56 bits per heavy atom. The van der Waals surface area contributed by atoms with Crippen LogP contribution in [0, 0.1) is 13.8 Å². The van der Waals surface area contributed by atoms with E-state index in [1.54, 1.807) is 26.0 Å². The zero-order chi connectivity index (χ0) is 18.4. The number of ether oxygens (including phenoxy) is 2. The number of benzene rings is 2. The Balaban J connectivity index is 2.01. The molecule has 0 fully saturated rings. The van der Waals surface area contributed by atoms with Crippen molar-refractivity contribution >= 4 is 17.7 Å². The van der Waals surface area contributed by atoms with Crippen LogP contribution in [0.15, 0.2) is 41.3 Å². The molecule has 25 heavy (non-hydrogen) atoms. The molecule has 0 aliphatic heterocycles.